The molecular weight excluding hydrogens is 204 g/mol. The molecule has 0 spiro atoms. The van der Waals surface area contributed by atoms with E-state index in [1.807, 2.05) is 6.92 Å². The molecule has 0 unspecified atom stereocenters. The minimum absolute atomic E-state index is 0.266. The number of hydrogen-bond donors (Lipinski definition) is 1. The van der Waals surface area contributed by atoms with Crippen LogP contribution in [-0.2, 0) is 16.8 Å². The Morgan fingerprint density at radius 3 is 3.00 bits per heavy atom. The molecule has 3 nitrogen and oxygen atoms in total. The van der Waals surface area contributed by atoms with Gasteiger partial charge in [0.1, 0.15) is 0 Å². The Morgan fingerprint density at radius 2 is 2.38 bits per heavy atom. The quantitative estimate of drug-likeness (QED) is 0.728. The van der Waals surface area contributed by atoms with Crippen LogP contribution < -0.4 is 0 Å². The fourth-order valence-electron chi connectivity index (χ4n) is 1.91. The zero-order chi connectivity index (χ0) is 11.8. The lowest BCUT2D eigenvalue weighted by atomic mass is 9.79. The van der Waals surface area contributed by atoms with Gasteiger partial charge in [-0.1, -0.05) is 12.0 Å². The lowest BCUT2D eigenvalue weighted by Gasteiger charge is -2.31. The van der Waals surface area contributed by atoms with Crippen LogP contribution in [-0.4, -0.2) is 17.7 Å². The Balaban J connectivity index is 2.58. The molecule has 0 aliphatic carbocycles. The van der Waals surface area contributed by atoms with Gasteiger partial charge in [0.2, 0.25) is 0 Å². The van der Waals surface area contributed by atoms with Gasteiger partial charge in [-0.2, -0.15) is 0 Å². The summed E-state index contributed by atoms with van der Waals surface area (Å²) in [6.07, 6.45) is 5.50. The fourth-order valence-corrected chi connectivity index (χ4v) is 1.91. The molecule has 0 saturated carbocycles. The largest absolute Gasteiger partial charge is 0.478 e. The molecule has 1 aromatic carbocycles. The molecule has 1 atom stereocenters. The summed E-state index contributed by atoms with van der Waals surface area (Å²) in [7, 11) is 0. The standard InChI is InChI=1S/C13H12O3/c1-3-13(2)8-16-7-10-5-4-9(12(14)15)6-11(10)13/h1,4-6H,7-8H2,2H3,(H,14,15)/t13-/m1/s1. The Labute approximate surface area is 94.0 Å². The number of terminal acetylenes is 1. The first-order valence-corrected chi connectivity index (χ1v) is 4.99. The Kier molecular flexibility index (Phi) is 2.45. The highest BCUT2D eigenvalue weighted by atomic mass is 16.5. The number of carbonyl (C=O) groups is 1. The van der Waals surface area contributed by atoms with Gasteiger partial charge in [-0.05, 0) is 30.2 Å². The van der Waals surface area contributed by atoms with Crippen molar-refractivity contribution in [3.05, 3.63) is 34.9 Å². The maximum Gasteiger partial charge on any atom is 0.335 e. The minimum Gasteiger partial charge on any atom is -0.478 e. The Bertz CT molecular complexity index is 484. The van der Waals surface area contributed by atoms with Gasteiger partial charge in [0.05, 0.1) is 24.2 Å². The Hall–Kier alpha value is -1.79. The predicted octanol–water partition coefficient (Wildman–Crippen LogP) is 1.81. The first-order valence-electron chi connectivity index (χ1n) is 4.99. The Morgan fingerprint density at radius 1 is 1.62 bits per heavy atom. The number of ether oxygens (including phenoxy) is 1. The van der Waals surface area contributed by atoms with E-state index in [1.54, 1.807) is 18.2 Å². The summed E-state index contributed by atoms with van der Waals surface area (Å²) in [5.74, 6) is 1.75. The van der Waals surface area contributed by atoms with Gasteiger partial charge in [-0.15, -0.1) is 6.42 Å². The first kappa shape index (κ1) is 10.7. The summed E-state index contributed by atoms with van der Waals surface area (Å²) in [5.41, 5.74) is 1.60. The number of fused-ring (bicyclic) bond motifs is 1. The van der Waals surface area contributed by atoms with Crippen LogP contribution in [0.5, 0.6) is 0 Å². The van der Waals surface area contributed by atoms with Gasteiger partial charge < -0.3 is 9.84 Å². The highest BCUT2D eigenvalue weighted by Crippen LogP contribution is 2.32. The number of carboxylic acid groups (broad SMARTS) is 1. The number of carboxylic acids is 1. The van der Waals surface area contributed by atoms with Crippen molar-refractivity contribution in [2.75, 3.05) is 6.61 Å². The predicted molar refractivity (Wildman–Crippen MR) is 59.2 cm³/mol. The van der Waals surface area contributed by atoms with E-state index in [0.29, 0.717) is 13.2 Å². The van der Waals surface area contributed by atoms with E-state index in [2.05, 4.69) is 5.92 Å². The summed E-state index contributed by atoms with van der Waals surface area (Å²) in [5, 5.41) is 8.95. The van der Waals surface area contributed by atoms with Gasteiger partial charge in [-0.3, -0.25) is 0 Å². The van der Waals surface area contributed by atoms with E-state index in [4.69, 9.17) is 16.3 Å². The summed E-state index contributed by atoms with van der Waals surface area (Å²) in [6.45, 7) is 2.81. The first-order chi connectivity index (χ1) is 7.57. The van der Waals surface area contributed by atoms with E-state index in [1.165, 1.54) is 0 Å². The van der Waals surface area contributed by atoms with Gasteiger partial charge in [0, 0.05) is 0 Å². The van der Waals surface area contributed by atoms with Crippen LogP contribution >= 0.6 is 0 Å². The van der Waals surface area contributed by atoms with Gasteiger partial charge in [0.15, 0.2) is 0 Å². The molecule has 3 heteroatoms. The number of benzene rings is 1. The SMILES string of the molecule is C#C[C@]1(C)COCc2ccc(C(=O)O)cc21. The molecule has 0 amide bonds. The van der Waals surface area contributed by atoms with Crippen molar-refractivity contribution in [1.29, 1.82) is 0 Å². The molecular formula is C13H12O3. The van der Waals surface area contributed by atoms with E-state index in [-0.39, 0.29) is 5.56 Å². The lowest BCUT2D eigenvalue weighted by molar-refractivity contribution is 0.0689. The molecule has 1 aliphatic heterocycles. The van der Waals surface area contributed by atoms with Crippen LogP contribution in [0.3, 0.4) is 0 Å². The maximum absolute atomic E-state index is 10.9. The highest BCUT2D eigenvalue weighted by molar-refractivity contribution is 5.88. The molecule has 82 valence electrons. The highest BCUT2D eigenvalue weighted by Gasteiger charge is 2.31. The lowest BCUT2D eigenvalue weighted by Crippen LogP contribution is -2.32. The van der Waals surface area contributed by atoms with E-state index >= 15 is 0 Å². The van der Waals surface area contributed by atoms with Crippen molar-refractivity contribution in [2.24, 2.45) is 0 Å². The molecule has 0 saturated heterocycles. The van der Waals surface area contributed by atoms with Crippen LogP contribution in [0.2, 0.25) is 0 Å². The molecule has 1 N–H and O–H groups in total. The second-order valence-electron chi connectivity index (χ2n) is 4.15. The zero-order valence-electron chi connectivity index (χ0n) is 8.99. The van der Waals surface area contributed by atoms with Crippen molar-refractivity contribution in [1.82, 2.24) is 0 Å². The van der Waals surface area contributed by atoms with Crippen LogP contribution in [0.25, 0.3) is 0 Å². The number of aromatic carboxylic acids is 1. The van der Waals surface area contributed by atoms with Gasteiger partial charge in [-0.25, -0.2) is 4.79 Å². The average Bonchev–Trinajstić information content (AvgIpc) is 2.29. The third-order valence-corrected chi connectivity index (χ3v) is 2.92. The number of hydrogen-bond acceptors (Lipinski definition) is 2. The van der Waals surface area contributed by atoms with Crippen LogP contribution in [0.15, 0.2) is 18.2 Å². The minimum atomic E-state index is -0.936. The number of rotatable bonds is 1. The normalized spacial score (nSPS) is 23.2. The van der Waals surface area contributed by atoms with Crippen molar-refractivity contribution in [2.45, 2.75) is 18.9 Å². The van der Waals surface area contributed by atoms with Crippen LogP contribution in [0.4, 0.5) is 0 Å². The van der Waals surface area contributed by atoms with E-state index in [0.717, 1.165) is 11.1 Å². The summed E-state index contributed by atoms with van der Waals surface area (Å²) < 4.78 is 5.41. The molecule has 1 aliphatic rings. The summed E-state index contributed by atoms with van der Waals surface area (Å²) >= 11 is 0. The van der Waals surface area contributed by atoms with E-state index < -0.39 is 11.4 Å². The summed E-state index contributed by atoms with van der Waals surface area (Å²) in [6, 6.07) is 5.00. The smallest absolute Gasteiger partial charge is 0.335 e. The second kappa shape index (κ2) is 3.66. The molecule has 0 aromatic heterocycles. The van der Waals surface area contributed by atoms with Crippen LogP contribution in [0, 0.1) is 12.3 Å². The second-order valence-corrected chi connectivity index (χ2v) is 4.15. The van der Waals surface area contributed by atoms with Crippen molar-refractivity contribution in [3.8, 4) is 12.3 Å². The van der Waals surface area contributed by atoms with Crippen molar-refractivity contribution >= 4 is 5.97 Å². The maximum atomic E-state index is 10.9. The third-order valence-electron chi connectivity index (χ3n) is 2.92. The topological polar surface area (TPSA) is 46.5 Å². The van der Waals surface area contributed by atoms with Crippen molar-refractivity contribution < 1.29 is 14.6 Å². The molecule has 16 heavy (non-hydrogen) atoms. The van der Waals surface area contributed by atoms with Crippen LogP contribution in [0.1, 0.15) is 28.4 Å². The summed E-state index contributed by atoms with van der Waals surface area (Å²) in [4.78, 5) is 10.9. The molecule has 1 heterocycles. The average molecular weight is 216 g/mol. The molecule has 1 aromatic rings. The molecule has 2 rings (SSSR count). The molecule has 0 radical (unpaired) electrons. The van der Waals surface area contributed by atoms with Gasteiger partial charge >= 0.3 is 5.97 Å². The van der Waals surface area contributed by atoms with Gasteiger partial charge in [0.25, 0.3) is 0 Å². The zero-order valence-corrected chi connectivity index (χ0v) is 8.99. The molecule has 0 fully saturated rings. The third kappa shape index (κ3) is 1.58. The monoisotopic (exact) mass is 216 g/mol. The fraction of sp³-hybridized carbons (Fsp3) is 0.308. The van der Waals surface area contributed by atoms with Crippen molar-refractivity contribution in [3.63, 3.8) is 0 Å². The molecule has 0 bridgehead atoms. The van der Waals surface area contributed by atoms with E-state index in [9.17, 15) is 4.79 Å².